The Bertz CT molecular complexity index is 284. The second-order valence-electron chi connectivity index (χ2n) is 4.79. The third kappa shape index (κ3) is 3.13. The first-order valence-electron chi connectivity index (χ1n) is 6.27. The van der Waals surface area contributed by atoms with Crippen molar-refractivity contribution in [3.63, 3.8) is 0 Å². The molecule has 0 saturated carbocycles. The first kappa shape index (κ1) is 13.1. The molecule has 17 heavy (non-hydrogen) atoms. The number of carbonyl (C=O) groups is 1. The quantitative estimate of drug-likeness (QED) is 0.581. The van der Waals surface area contributed by atoms with Gasteiger partial charge in [-0.15, -0.1) is 0 Å². The Hall–Kier alpha value is -0.290. The van der Waals surface area contributed by atoms with E-state index < -0.39 is 6.16 Å². The summed E-state index contributed by atoms with van der Waals surface area (Å²) < 4.78 is 16.3. The highest BCUT2D eigenvalue weighted by Crippen LogP contribution is 2.30. The SMILES string of the molecule is CC[C@@H](Br)[C@@H]1CC[C@H]2OC(=O)OC2C[C@H](C)O1. The van der Waals surface area contributed by atoms with Crippen molar-refractivity contribution in [2.24, 2.45) is 0 Å². The van der Waals surface area contributed by atoms with E-state index in [2.05, 4.69) is 22.9 Å². The Labute approximate surface area is 110 Å². The largest absolute Gasteiger partial charge is 0.509 e. The lowest BCUT2D eigenvalue weighted by atomic mass is 9.97. The van der Waals surface area contributed by atoms with Crippen LogP contribution in [-0.2, 0) is 14.2 Å². The summed E-state index contributed by atoms with van der Waals surface area (Å²) in [6.07, 6.45) is 2.99. The highest BCUT2D eigenvalue weighted by molar-refractivity contribution is 9.09. The summed E-state index contributed by atoms with van der Waals surface area (Å²) in [5.74, 6) is 0. The van der Waals surface area contributed by atoms with Crippen molar-refractivity contribution < 1.29 is 19.0 Å². The van der Waals surface area contributed by atoms with Crippen molar-refractivity contribution in [2.45, 2.75) is 68.8 Å². The van der Waals surface area contributed by atoms with Crippen LogP contribution >= 0.6 is 15.9 Å². The lowest BCUT2D eigenvalue weighted by Gasteiger charge is -2.31. The van der Waals surface area contributed by atoms with Crippen LogP contribution in [0.4, 0.5) is 4.79 Å². The number of hydrogen-bond donors (Lipinski definition) is 0. The molecule has 5 atom stereocenters. The number of alkyl halides is 1. The fourth-order valence-corrected chi connectivity index (χ4v) is 2.87. The van der Waals surface area contributed by atoms with E-state index in [0.717, 1.165) is 25.7 Å². The van der Waals surface area contributed by atoms with E-state index in [0.29, 0.717) is 4.83 Å². The Balaban J connectivity index is 2.00. The maximum absolute atomic E-state index is 11.1. The molecule has 0 spiro atoms. The Morgan fingerprint density at radius 1 is 1.35 bits per heavy atom. The Kier molecular flexibility index (Phi) is 4.31. The molecule has 0 bridgehead atoms. The predicted molar refractivity (Wildman–Crippen MR) is 66.3 cm³/mol. The van der Waals surface area contributed by atoms with E-state index in [4.69, 9.17) is 14.2 Å². The normalized spacial score (nSPS) is 39.6. The topological polar surface area (TPSA) is 44.8 Å². The fraction of sp³-hybridized carbons (Fsp3) is 0.917. The summed E-state index contributed by atoms with van der Waals surface area (Å²) in [7, 11) is 0. The molecule has 5 heteroatoms. The number of carbonyl (C=O) groups excluding carboxylic acids is 1. The average Bonchev–Trinajstić information content (AvgIpc) is 2.60. The minimum atomic E-state index is -0.531. The van der Waals surface area contributed by atoms with E-state index in [1.807, 2.05) is 6.92 Å². The average molecular weight is 307 g/mol. The van der Waals surface area contributed by atoms with Gasteiger partial charge in [-0.05, 0) is 26.2 Å². The van der Waals surface area contributed by atoms with Gasteiger partial charge in [0.05, 0.1) is 12.2 Å². The summed E-state index contributed by atoms with van der Waals surface area (Å²) in [5, 5.41) is 0. The summed E-state index contributed by atoms with van der Waals surface area (Å²) in [6.45, 7) is 4.16. The smallest absolute Gasteiger partial charge is 0.427 e. The van der Waals surface area contributed by atoms with Crippen LogP contribution in [0.25, 0.3) is 0 Å². The monoisotopic (exact) mass is 306 g/mol. The van der Waals surface area contributed by atoms with E-state index in [1.165, 1.54) is 0 Å². The summed E-state index contributed by atoms with van der Waals surface area (Å²) in [4.78, 5) is 11.5. The molecule has 0 aliphatic carbocycles. The zero-order valence-corrected chi connectivity index (χ0v) is 11.8. The highest BCUT2D eigenvalue weighted by atomic mass is 79.9. The van der Waals surface area contributed by atoms with Gasteiger partial charge in [0.1, 0.15) is 12.2 Å². The molecular formula is C12H19BrO4. The van der Waals surface area contributed by atoms with Gasteiger partial charge in [0, 0.05) is 11.2 Å². The van der Waals surface area contributed by atoms with Crippen molar-refractivity contribution in [2.75, 3.05) is 0 Å². The first-order chi connectivity index (χ1) is 8.10. The van der Waals surface area contributed by atoms with Crippen LogP contribution < -0.4 is 0 Å². The number of halogens is 1. The molecule has 0 aromatic rings. The standard InChI is InChI=1S/C12H19BrO4/c1-3-8(13)9-4-5-10-11(6-7(2)15-9)17-12(14)16-10/h7-11H,3-6H2,1-2H3/t7-,8+,9-,10+,11?/m0/s1. The van der Waals surface area contributed by atoms with Crippen LogP contribution in [0, 0.1) is 0 Å². The van der Waals surface area contributed by atoms with Gasteiger partial charge in [0.25, 0.3) is 0 Å². The lowest BCUT2D eigenvalue weighted by Crippen LogP contribution is -2.37. The van der Waals surface area contributed by atoms with Gasteiger partial charge in [0.2, 0.25) is 0 Å². The molecule has 2 aliphatic heterocycles. The number of rotatable bonds is 2. The lowest BCUT2D eigenvalue weighted by molar-refractivity contribution is -0.0510. The molecule has 4 nitrogen and oxygen atoms in total. The third-order valence-corrected chi connectivity index (χ3v) is 4.65. The zero-order chi connectivity index (χ0) is 12.4. The molecule has 0 N–H and O–H groups in total. The van der Waals surface area contributed by atoms with Crippen LogP contribution in [0.5, 0.6) is 0 Å². The second kappa shape index (κ2) is 5.57. The molecule has 1 unspecified atom stereocenters. The van der Waals surface area contributed by atoms with E-state index in [9.17, 15) is 4.79 Å². The van der Waals surface area contributed by atoms with Gasteiger partial charge >= 0.3 is 6.16 Å². The summed E-state index contributed by atoms with van der Waals surface area (Å²) in [5.41, 5.74) is 0. The van der Waals surface area contributed by atoms with Crippen LogP contribution in [0.15, 0.2) is 0 Å². The van der Waals surface area contributed by atoms with Crippen molar-refractivity contribution >= 4 is 22.1 Å². The maximum atomic E-state index is 11.1. The molecule has 2 heterocycles. The Morgan fingerprint density at radius 3 is 2.76 bits per heavy atom. The third-order valence-electron chi connectivity index (χ3n) is 3.41. The van der Waals surface area contributed by atoms with Gasteiger partial charge < -0.3 is 14.2 Å². The molecule has 2 rings (SSSR count). The van der Waals surface area contributed by atoms with Gasteiger partial charge in [-0.1, -0.05) is 22.9 Å². The molecule has 0 aromatic heterocycles. The van der Waals surface area contributed by atoms with Crippen molar-refractivity contribution in [3.05, 3.63) is 0 Å². The minimum Gasteiger partial charge on any atom is -0.427 e. The summed E-state index contributed by atoms with van der Waals surface area (Å²) in [6, 6.07) is 0. The predicted octanol–water partition coefficient (Wildman–Crippen LogP) is 3.02. The molecule has 2 fully saturated rings. The van der Waals surface area contributed by atoms with Crippen LogP contribution in [0.1, 0.15) is 39.5 Å². The molecule has 2 saturated heterocycles. The van der Waals surface area contributed by atoms with E-state index in [1.54, 1.807) is 0 Å². The van der Waals surface area contributed by atoms with Crippen LogP contribution in [-0.4, -0.2) is 35.4 Å². The highest BCUT2D eigenvalue weighted by Gasteiger charge is 2.40. The number of ether oxygens (including phenoxy) is 3. The van der Waals surface area contributed by atoms with E-state index >= 15 is 0 Å². The van der Waals surface area contributed by atoms with Gasteiger partial charge in [0.15, 0.2) is 0 Å². The molecule has 2 aliphatic rings. The minimum absolute atomic E-state index is 0.0899. The molecule has 0 amide bonds. The number of hydrogen-bond acceptors (Lipinski definition) is 4. The van der Waals surface area contributed by atoms with Gasteiger partial charge in [-0.25, -0.2) is 4.79 Å². The van der Waals surface area contributed by atoms with Crippen molar-refractivity contribution in [3.8, 4) is 0 Å². The zero-order valence-electron chi connectivity index (χ0n) is 10.2. The van der Waals surface area contributed by atoms with Crippen molar-refractivity contribution in [1.29, 1.82) is 0 Å². The van der Waals surface area contributed by atoms with Gasteiger partial charge in [-0.2, -0.15) is 0 Å². The molecule has 0 aromatic carbocycles. The van der Waals surface area contributed by atoms with E-state index in [-0.39, 0.29) is 24.4 Å². The molecule has 98 valence electrons. The summed E-state index contributed by atoms with van der Waals surface area (Å²) >= 11 is 3.65. The van der Waals surface area contributed by atoms with Crippen molar-refractivity contribution in [1.82, 2.24) is 0 Å². The molecular weight excluding hydrogens is 288 g/mol. The second-order valence-corrected chi connectivity index (χ2v) is 5.96. The van der Waals surface area contributed by atoms with Crippen LogP contribution in [0.2, 0.25) is 0 Å². The number of fused-ring (bicyclic) bond motifs is 1. The fourth-order valence-electron chi connectivity index (χ4n) is 2.48. The first-order valence-corrected chi connectivity index (χ1v) is 7.18. The van der Waals surface area contributed by atoms with Gasteiger partial charge in [-0.3, -0.25) is 0 Å². The molecule has 0 radical (unpaired) electrons. The Morgan fingerprint density at radius 2 is 2.06 bits per heavy atom. The van der Waals surface area contributed by atoms with Crippen LogP contribution in [0.3, 0.4) is 0 Å². The maximum Gasteiger partial charge on any atom is 0.509 e.